The topological polar surface area (TPSA) is 38.8 Å². The molecule has 0 N–H and O–H groups in total. The summed E-state index contributed by atoms with van der Waals surface area (Å²) in [5, 5.41) is 0. The lowest BCUT2D eigenvalue weighted by molar-refractivity contribution is 0.0353. The Balaban J connectivity index is 1.86. The number of rotatable bonds is 1. The van der Waals surface area contributed by atoms with Crippen LogP contribution >= 0.6 is 0 Å². The zero-order valence-corrected chi connectivity index (χ0v) is 13.9. The standard InChI is InChI=1S/C19H24O3/c1-11-8-12-13(9-15(11)21-4)17-19(22-17)7-5-6-18(2,3)16(19)10-14(12)20/h8-9,16-17H,5-7,10H2,1-4H3/t16-,17+,19-/m1/s1. The zero-order chi connectivity index (χ0) is 15.7. The van der Waals surface area contributed by atoms with Crippen molar-refractivity contribution in [2.45, 2.75) is 58.2 Å². The molecule has 1 saturated heterocycles. The van der Waals surface area contributed by atoms with Crippen LogP contribution in [0.25, 0.3) is 0 Å². The van der Waals surface area contributed by atoms with Gasteiger partial charge in [0.15, 0.2) is 5.78 Å². The second kappa shape index (κ2) is 4.35. The van der Waals surface area contributed by atoms with Crippen LogP contribution in [-0.2, 0) is 4.74 Å². The van der Waals surface area contributed by atoms with E-state index in [-0.39, 0.29) is 22.9 Å². The third-order valence-corrected chi connectivity index (χ3v) is 6.19. The molecule has 1 aromatic rings. The molecular formula is C19H24O3. The summed E-state index contributed by atoms with van der Waals surface area (Å²) < 4.78 is 11.8. The maximum atomic E-state index is 12.9. The van der Waals surface area contributed by atoms with Crippen molar-refractivity contribution in [1.82, 2.24) is 0 Å². The first-order chi connectivity index (χ1) is 10.4. The summed E-state index contributed by atoms with van der Waals surface area (Å²) in [6.07, 6.45) is 4.14. The van der Waals surface area contributed by atoms with E-state index in [0.717, 1.165) is 28.9 Å². The van der Waals surface area contributed by atoms with Crippen molar-refractivity contribution in [3.63, 3.8) is 0 Å². The number of ketones is 1. The maximum absolute atomic E-state index is 12.9. The highest BCUT2D eigenvalue weighted by atomic mass is 16.6. The van der Waals surface area contributed by atoms with Crippen molar-refractivity contribution in [3.8, 4) is 5.75 Å². The number of carbonyl (C=O) groups is 1. The lowest BCUT2D eigenvalue weighted by Crippen LogP contribution is -2.41. The summed E-state index contributed by atoms with van der Waals surface area (Å²) in [5.41, 5.74) is 2.98. The number of hydrogen-bond acceptors (Lipinski definition) is 3. The second-order valence-corrected chi connectivity index (χ2v) is 7.88. The van der Waals surface area contributed by atoms with Crippen molar-refractivity contribution in [1.29, 1.82) is 0 Å². The zero-order valence-electron chi connectivity index (χ0n) is 13.9. The molecule has 2 fully saturated rings. The number of benzene rings is 1. The Morgan fingerprint density at radius 1 is 1.27 bits per heavy atom. The van der Waals surface area contributed by atoms with E-state index in [0.29, 0.717) is 12.3 Å². The SMILES string of the molecule is COc1cc2c(cc1C)C(=O)C[C@@H]1C(C)(C)CCC[C@@]13O[C@@H]23. The van der Waals surface area contributed by atoms with Crippen molar-refractivity contribution >= 4 is 5.78 Å². The Morgan fingerprint density at radius 3 is 2.77 bits per heavy atom. The van der Waals surface area contributed by atoms with Crippen LogP contribution < -0.4 is 4.74 Å². The average Bonchev–Trinajstić information content (AvgIpc) is 3.17. The highest BCUT2D eigenvalue weighted by molar-refractivity contribution is 5.99. The summed E-state index contributed by atoms with van der Waals surface area (Å²) >= 11 is 0. The van der Waals surface area contributed by atoms with Gasteiger partial charge in [-0.1, -0.05) is 13.8 Å². The third kappa shape index (κ3) is 1.75. The average molecular weight is 300 g/mol. The monoisotopic (exact) mass is 300 g/mol. The van der Waals surface area contributed by atoms with Crippen LogP contribution in [0.15, 0.2) is 12.1 Å². The Hall–Kier alpha value is -1.35. The van der Waals surface area contributed by atoms with E-state index in [9.17, 15) is 4.79 Å². The summed E-state index contributed by atoms with van der Waals surface area (Å²) in [6.45, 7) is 6.59. The largest absolute Gasteiger partial charge is 0.496 e. The van der Waals surface area contributed by atoms with E-state index in [4.69, 9.17) is 9.47 Å². The molecule has 0 bridgehead atoms. The molecule has 0 amide bonds. The molecule has 0 unspecified atom stereocenters. The van der Waals surface area contributed by atoms with E-state index in [1.807, 2.05) is 19.1 Å². The molecule has 0 radical (unpaired) electrons. The molecule has 1 aliphatic heterocycles. The highest BCUT2D eigenvalue weighted by Gasteiger charge is 2.68. The molecule has 118 valence electrons. The first-order valence-electron chi connectivity index (χ1n) is 8.28. The van der Waals surface area contributed by atoms with E-state index < -0.39 is 0 Å². The normalized spacial score (nSPS) is 35.0. The van der Waals surface area contributed by atoms with Gasteiger partial charge in [0.05, 0.1) is 7.11 Å². The molecule has 22 heavy (non-hydrogen) atoms. The third-order valence-electron chi connectivity index (χ3n) is 6.19. The van der Waals surface area contributed by atoms with E-state index in [1.54, 1.807) is 7.11 Å². The predicted octanol–water partition coefficient (Wildman–Crippen LogP) is 4.23. The molecular weight excluding hydrogens is 276 g/mol. The highest BCUT2D eigenvalue weighted by Crippen LogP contribution is 2.67. The molecule has 1 aromatic carbocycles. The number of fused-ring (bicyclic) bond motifs is 2. The number of methoxy groups -OCH3 is 1. The van der Waals surface area contributed by atoms with Gasteiger partial charge in [0, 0.05) is 17.9 Å². The van der Waals surface area contributed by atoms with Crippen LogP contribution in [0.2, 0.25) is 0 Å². The lowest BCUT2D eigenvalue weighted by atomic mass is 9.61. The molecule has 4 rings (SSSR count). The van der Waals surface area contributed by atoms with Crippen molar-refractivity contribution in [2.24, 2.45) is 11.3 Å². The molecule has 3 heteroatoms. The van der Waals surface area contributed by atoms with Crippen molar-refractivity contribution in [2.75, 3.05) is 7.11 Å². The van der Waals surface area contributed by atoms with E-state index in [1.165, 1.54) is 12.8 Å². The van der Waals surface area contributed by atoms with Gasteiger partial charge in [0.2, 0.25) is 0 Å². The fourth-order valence-electron chi connectivity index (χ4n) is 4.92. The lowest BCUT2D eigenvalue weighted by Gasteiger charge is -2.42. The Morgan fingerprint density at radius 2 is 2.05 bits per heavy atom. The van der Waals surface area contributed by atoms with Gasteiger partial charge in [-0.3, -0.25) is 4.79 Å². The number of carbonyl (C=O) groups excluding carboxylic acids is 1. The van der Waals surface area contributed by atoms with Gasteiger partial charge in [0.1, 0.15) is 17.5 Å². The van der Waals surface area contributed by atoms with Crippen LogP contribution in [0.3, 0.4) is 0 Å². The van der Waals surface area contributed by atoms with Gasteiger partial charge in [0.25, 0.3) is 0 Å². The van der Waals surface area contributed by atoms with Gasteiger partial charge in [-0.25, -0.2) is 0 Å². The van der Waals surface area contributed by atoms with Crippen molar-refractivity contribution in [3.05, 3.63) is 28.8 Å². The minimum Gasteiger partial charge on any atom is -0.496 e. The maximum Gasteiger partial charge on any atom is 0.163 e. The van der Waals surface area contributed by atoms with Gasteiger partial charge in [-0.2, -0.15) is 0 Å². The fourth-order valence-corrected chi connectivity index (χ4v) is 4.92. The minimum atomic E-state index is -0.108. The van der Waals surface area contributed by atoms with Gasteiger partial charge in [-0.15, -0.1) is 0 Å². The van der Waals surface area contributed by atoms with Crippen LogP contribution in [-0.4, -0.2) is 18.5 Å². The first-order valence-corrected chi connectivity index (χ1v) is 8.28. The molecule has 3 aliphatic rings. The van der Waals surface area contributed by atoms with E-state index >= 15 is 0 Å². The molecule has 3 nitrogen and oxygen atoms in total. The van der Waals surface area contributed by atoms with Crippen LogP contribution in [0.4, 0.5) is 0 Å². The van der Waals surface area contributed by atoms with Gasteiger partial charge in [-0.05, 0) is 54.9 Å². The summed E-state index contributed by atoms with van der Waals surface area (Å²) in [6, 6.07) is 4.03. The molecule has 1 saturated carbocycles. The predicted molar refractivity (Wildman–Crippen MR) is 84.4 cm³/mol. The fraction of sp³-hybridized carbons (Fsp3) is 0.632. The van der Waals surface area contributed by atoms with E-state index in [2.05, 4.69) is 13.8 Å². The number of ether oxygens (including phenoxy) is 2. The summed E-state index contributed by atoms with van der Waals surface area (Å²) in [7, 11) is 1.68. The van der Waals surface area contributed by atoms with Crippen LogP contribution in [0, 0.1) is 18.3 Å². The van der Waals surface area contributed by atoms with Gasteiger partial charge >= 0.3 is 0 Å². The minimum absolute atomic E-state index is 0.0769. The van der Waals surface area contributed by atoms with Crippen LogP contribution in [0.1, 0.15) is 67.1 Å². The molecule has 3 atom stereocenters. The summed E-state index contributed by atoms with van der Waals surface area (Å²) in [4.78, 5) is 12.9. The first kappa shape index (κ1) is 14.3. The second-order valence-electron chi connectivity index (χ2n) is 7.88. The smallest absolute Gasteiger partial charge is 0.163 e. The number of Topliss-reactive ketones (excluding diaryl/α,β-unsaturated/α-hetero) is 1. The molecule has 2 aliphatic carbocycles. The Kier molecular flexibility index (Phi) is 2.82. The molecule has 1 heterocycles. The number of epoxide rings is 1. The van der Waals surface area contributed by atoms with Crippen molar-refractivity contribution < 1.29 is 14.3 Å². The Labute approximate surface area is 132 Å². The quantitative estimate of drug-likeness (QED) is 0.729. The number of aryl methyl sites for hydroxylation is 1. The summed E-state index contributed by atoms with van der Waals surface area (Å²) in [5.74, 6) is 1.45. The van der Waals surface area contributed by atoms with Crippen LogP contribution in [0.5, 0.6) is 5.75 Å². The molecule has 0 aromatic heterocycles. The molecule has 1 spiro atoms. The Bertz CT molecular complexity index is 661. The van der Waals surface area contributed by atoms with Gasteiger partial charge < -0.3 is 9.47 Å². The number of hydrogen-bond donors (Lipinski definition) is 0.